The number of fused-ring (bicyclic) bond motifs is 8. The molecule has 6 atom stereocenters. The number of ketones is 2. The monoisotopic (exact) mass is 909 g/mol. The molecule has 3 aliphatic rings. The van der Waals surface area contributed by atoms with Crippen molar-refractivity contribution < 1.29 is 28.7 Å². The Balaban J connectivity index is 0.00000817. The number of nitrogens with zero attached hydrogens (tertiary/aromatic N) is 4. The van der Waals surface area contributed by atoms with Crippen LogP contribution in [0.2, 0.25) is 0 Å². The van der Waals surface area contributed by atoms with E-state index in [1.165, 1.54) is 57.6 Å². The molecule has 3 aromatic rings. The standard InChI is InChI=1S/C55H73N4O6.Mg/c1-13-39-34(7)41-29-46-48(38(11)60)36(9)43(57-46)27-42-35(8)40(52(58-42)50-51(55(63)64-12)54(62)49-37(10)44(59-53(49)50)28-45(39)56-41)23-24-47(61)65-26-25-33(6)22-16-21-32(5)20-15-19-31(4)18-14-17-30(2)3;/h13,25,27-32,34-35,40,51H,14-24,26H2,1-12H3,(H-,56,57,58,59,60,62);/q-1;+2/p-1/b33-25+,39-13-;/t31-,32-,34-,35+,40+,51-;/m1./s1. The number of Topliss-reactive ketones (excluding diaryl/α,β-unsaturated/α-hetero) is 2. The topological polar surface area (TPSA) is 141 Å². The summed E-state index contributed by atoms with van der Waals surface area (Å²) in [4.78, 5) is 74.8. The Morgan fingerprint density at radius 3 is 2.09 bits per heavy atom. The number of ether oxygens (including phenoxy) is 2. The summed E-state index contributed by atoms with van der Waals surface area (Å²) in [7, 11) is 1.28. The maximum Gasteiger partial charge on any atom is 2.00 e. The Bertz CT molecular complexity index is 2530. The van der Waals surface area contributed by atoms with Crippen LogP contribution in [0.15, 0.2) is 35.9 Å². The van der Waals surface area contributed by atoms with Gasteiger partial charge in [0.1, 0.15) is 12.5 Å². The molecular weight excluding hydrogens is 837 g/mol. The minimum atomic E-state index is -1.26. The molecule has 1 aliphatic carbocycles. The number of carbonyl (C=O) groups excluding carboxylic acids is 4. The number of methoxy groups -OCH3 is 1. The van der Waals surface area contributed by atoms with Gasteiger partial charge in [0.05, 0.1) is 12.8 Å². The van der Waals surface area contributed by atoms with Crippen molar-refractivity contribution in [2.45, 2.75) is 170 Å². The maximum absolute atomic E-state index is 14.4. The first kappa shape index (κ1) is 52.6. The number of rotatable bonds is 19. The van der Waals surface area contributed by atoms with Crippen molar-refractivity contribution in [3.05, 3.63) is 86.5 Å². The quantitative estimate of drug-likeness (QED) is 0.0375. The zero-order valence-corrected chi connectivity index (χ0v) is 43.3. The predicted molar refractivity (Wildman–Crippen MR) is 265 cm³/mol. The molecule has 3 aromatic heterocycles. The molecule has 0 amide bonds. The molecule has 8 bridgehead atoms. The third kappa shape index (κ3) is 11.7. The maximum atomic E-state index is 14.4. The van der Waals surface area contributed by atoms with Gasteiger partial charge in [-0.2, -0.15) is 0 Å². The van der Waals surface area contributed by atoms with E-state index in [2.05, 4.69) is 41.5 Å². The van der Waals surface area contributed by atoms with E-state index in [0.29, 0.717) is 73.7 Å². The molecule has 0 aromatic carbocycles. The molecule has 0 spiro atoms. The third-order valence-corrected chi connectivity index (χ3v) is 14.4. The molecule has 2 aliphatic heterocycles. The molecule has 0 fully saturated rings. The Labute approximate surface area is 409 Å². The normalized spacial score (nSPS) is 19.6. The fourth-order valence-electron chi connectivity index (χ4n) is 10.3. The summed E-state index contributed by atoms with van der Waals surface area (Å²) in [6, 6.07) is 5.67. The van der Waals surface area contributed by atoms with Gasteiger partial charge in [0.2, 0.25) is 0 Å². The smallest absolute Gasteiger partial charge is 0.657 e. The first-order valence-corrected chi connectivity index (χ1v) is 24.2. The SMILES string of the molecule is C/C=C1\c2cc3[n-]c4c(c3C)C(=O)[C@H](C(=O)OC)c4c3nc(cc4[n-]c(cc(n2)[C@@H]1C)c(C(C)=O)c4C)[C@@H](C)[C@@H]3CCC(=O)OC/C=C(\C)CCC[C@H](C)CCC[C@H](C)CCCC(C)C.[Mg+2]. The van der Waals surface area contributed by atoms with Crippen molar-refractivity contribution in [1.29, 1.82) is 0 Å². The van der Waals surface area contributed by atoms with Gasteiger partial charge < -0.3 is 19.4 Å². The third-order valence-electron chi connectivity index (χ3n) is 14.4. The molecule has 350 valence electrons. The van der Waals surface area contributed by atoms with Crippen LogP contribution in [0.3, 0.4) is 0 Å². The molecule has 0 N–H and O–H groups in total. The van der Waals surface area contributed by atoms with Gasteiger partial charge in [0.25, 0.3) is 0 Å². The number of hydrogen-bond donors (Lipinski definition) is 0. The summed E-state index contributed by atoms with van der Waals surface area (Å²) in [5, 5.41) is 0. The van der Waals surface area contributed by atoms with E-state index in [9.17, 15) is 19.2 Å². The molecule has 10 nitrogen and oxygen atoms in total. The Morgan fingerprint density at radius 1 is 0.818 bits per heavy atom. The minimum absolute atomic E-state index is 0. The molecule has 66 heavy (non-hydrogen) atoms. The number of aryl methyl sites for hydroxylation is 2. The van der Waals surface area contributed by atoms with Gasteiger partial charge >= 0.3 is 35.0 Å². The first-order chi connectivity index (χ1) is 30.9. The van der Waals surface area contributed by atoms with E-state index in [4.69, 9.17) is 29.4 Å². The van der Waals surface area contributed by atoms with Crippen molar-refractivity contribution in [3.63, 3.8) is 0 Å². The average Bonchev–Trinajstić information content (AvgIpc) is 4.00. The van der Waals surface area contributed by atoms with Crippen LogP contribution in [0, 0.1) is 31.6 Å². The Hall–Kier alpha value is -4.35. The summed E-state index contributed by atoms with van der Waals surface area (Å²) in [5.41, 5.74) is 9.66. The molecule has 0 saturated heterocycles. The van der Waals surface area contributed by atoms with E-state index in [1.54, 1.807) is 6.92 Å². The van der Waals surface area contributed by atoms with Crippen LogP contribution in [-0.4, -0.2) is 70.2 Å². The molecule has 0 radical (unpaired) electrons. The summed E-state index contributed by atoms with van der Waals surface area (Å²) >= 11 is 0. The van der Waals surface area contributed by atoms with Gasteiger partial charge in [-0.3, -0.25) is 29.1 Å². The van der Waals surface area contributed by atoms with Gasteiger partial charge in [-0.1, -0.05) is 127 Å². The van der Waals surface area contributed by atoms with Crippen LogP contribution >= 0.6 is 0 Å². The summed E-state index contributed by atoms with van der Waals surface area (Å²) < 4.78 is 11.0. The van der Waals surface area contributed by atoms with Gasteiger partial charge in [0, 0.05) is 52.4 Å². The van der Waals surface area contributed by atoms with Crippen LogP contribution in [0.5, 0.6) is 0 Å². The molecule has 0 unspecified atom stereocenters. The summed E-state index contributed by atoms with van der Waals surface area (Å²) in [5.74, 6) is -1.17. The van der Waals surface area contributed by atoms with E-state index in [1.807, 2.05) is 58.0 Å². The van der Waals surface area contributed by atoms with Gasteiger partial charge in [-0.05, 0) is 88.8 Å². The molecule has 11 heteroatoms. The Kier molecular flexibility index (Phi) is 18.4. The number of hydrogen-bond acceptors (Lipinski definition) is 8. The van der Waals surface area contributed by atoms with E-state index in [0.717, 1.165) is 41.5 Å². The predicted octanol–water partition coefficient (Wildman–Crippen LogP) is 12.3. The molecule has 5 heterocycles. The fourth-order valence-corrected chi connectivity index (χ4v) is 10.3. The van der Waals surface area contributed by atoms with Crippen molar-refractivity contribution in [1.82, 2.24) is 19.9 Å². The number of carbonyl (C=O) groups is 4. The zero-order chi connectivity index (χ0) is 47.3. The second kappa shape index (κ2) is 23.1. The van der Waals surface area contributed by atoms with Crippen molar-refractivity contribution in [2.75, 3.05) is 13.7 Å². The van der Waals surface area contributed by atoms with Crippen LogP contribution in [0.25, 0.3) is 27.6 Å². The van der Waals surface area contributed by atoms with Crippen LogP contribution in [-0.2, 0) is 19.1 Å². The Morgan fingerprint density at radius 2 is 1.45 bits per heavy atom. The van der Waals surface area contributed by atoms with E-state index < -0.39 is 11.9 Å². The van der Waals surface area contributed by atoms with Crippen LogP contribution in [0.1, 0.15) is 217 Å². The van der Waals surface area contributed by atoms with Gasteiger partial charge in [-0.15, -0.1) is 22.1 Å². The minimum Gasteiger partial charge on any atom is -0.657 e. The second-order valence-electron chi connectivity index (χ2n) is 19.8. The van der Waals surface area contributed by atoms with E-state index in [-0.39, 0.29) is 71.4 Å². The molecular formula is C55H72MgN4O6. The molecule has 0 saturated carbocycles. The summed E-state index contributed by atoms with van der Waals surface area (Å²) in [6.07, 6.45) is 15.7. The number of aromatic nitrogens is 4. The van der Waals surface area contributed by atoms with Gasteiger partial charge in [-0.25, -0.2) is 0 Å². The second-order valence-corrected chi connectivity index (χ2v) is 19.8. The summed E-state index contributed by atoms with van der Waals surface area (Å²) in [6.45, 7) is 23.0. The van der Waals surface area contributed by atoms with Crippen molar-refractivity contribution in [2.24, 2.45) is 17.8 Å². The van der Waals surface area contributed by atoms with Crippen LogP contribution in [0.4, 0.5) is 0 Å². The van der Waals surface area contributed by atoms with Crippen molar-refractivity contribution >= 4 is 74.2 Å². The molecule has 6 rings (SSSR count). The average molecular weight is 910 g/mol. The van der Waals surface area contributed by atoms with Crippen molar-refractivity contribution in [3.8, 4) is 0 Å². The van der Waals surface area contributed by atoms with E-state index >= 15 is 0 Å². The zero-order valence-electron chi connectivity index (χ0n) is 41.9. The number of allylic oxidation sites excluding steroid dienone is 3. The largest absolute Gasteiger partial charge is 2.00 e. The number of esters is 2. The first-order valence-electron chi connectivity index (χ1n) is 24.2. The van der Waals surface area contributed by atoms with Crippen LogP contribution < -0.4 is 9.97 Å². The fraction of sp³-hybridized carbons (Fsp3) is 0.564. The van der Waals surface area contributed by atoms with Gasteiger partial charge in [0.15, 0.2) is 11.6 Å².